The molecule has 0 amide bonds. The molecule has 3 N–H and O–H groups in total. The standard InChI is InChI=1S/C12H15N3O3.ClH/c1-12(2,3)11(14)8-4-7(6-13)5-9(10(8)16)15(17)18;/h4-5,11,16H,14H2,1-3H3;1H/t11-;/m0./s1. The molecule has 6 nitrogen and oxygen atoms in total. The number of benzene rings is 1. The molecule has 1 aromatic rings. The summed E-state index contributed by atoms with van der Waals surface area (Å²) in [7, 11) is 0. The highest BCUT2D eigenvalue weighted by Crippen LogP contribution is 2.40. The number of nitriles is 1. The zero-order valence-electron chi connectivity index (χ0n) is 10.9. The molecule has 1 atom stereocenters. The molecule has 0 heterocycles. The Labute approximate surface area is 117 Å². The number of phenols is 1. The number of hydrogen-bond donors (Lipinski definition) is 2. The van der Waals surface area contributed by atoms with Gasteiger partial charge in [0.05, 0.1) is 16.6 Å². The van der Waals surface area contributed by atoms with E-state index in [0.717, 1.165) is 6.07 Å². The van der Waals surface area contributed by atoms with Crippen LogP contribution in [0.15, 0.2) is 12.1 Å². The molecule has 0 aliphatic rings. The number of aromatic hydroxyl groups is 1. The second-order valence-corrected chi connectivity index (χ2v) is 5.15. The first-order valence-electron chi connectivity index (χ1n) is 5.35. The van der Waals surface area contributed by atoms with Crippen LogP contribution in [0.25, 0.3) is 0 Å². The van der Waals surface area contributed by atoms with Crippen LogP contribution < -0.4 is 5.73 Å². The Hall–Kier alpha value is -1.84. The normalized spacial score (nSPS) is 12.2. The fraction of sp³-hybridized carbons (Fsp3) is 0.417. The maximum Gasteiger partial charge on any atom is 0.312 e. The molecule has 7 heteroatoms. The topological polar surface area (TPSA) is 113 Å². The van der Waals surface area contributed by atoms with Crippen molar-refractivity contribution >= 4 is 18.1 Å². The van der Waals surface area contributed by atoms with Crippen molar-refractivity contribution in [1.29, 1.82) is 5.26 Å². The number of nitro benzene ring substituents is 1. The van der Waals surface area contributed by atoms with Crippen LogP contribution in [-0.2, 0) is 0 Å². The van der Waals surface area contributed by atoms with Gasteiger partial charge in [-0.05, 0) is 11.5 Å². The summed E-state index contributed by atoms with van der Waals surface area (Å²) >= 11 is 0. The second kappa shape index (κ2) is 5.87. The molecule has 0 spiro atoms. The molecule has 0 saturated carbocycles. The summed E-state index contributed by atoms with van der Waals surface area (Å²) in [5, 5.41) is 29.5. The quantitative estimate of drug-likeness (QED) is 0.640. The molecular weight excluding hydrogens is 270 g/mol. The van der Waals surface area contributed by atoms with Crippen molar-refractivity contribution < 1.29 is 10.0 Å². The van der Waals surface area contributed by atoms with Gasteiger partial charge in [0.1, 0.15) is 0 Å². The summed E-state index contributed by atoms with van der Waals surface area (Å²) in [4.78, 5) is 10.1. The Morgan fingerprint density at radius 1 is 1.47 bits per heavy atom. The predicted octanol–water partition coefficient (Wildman–Crippen LogP) is 2.64. The number of phenolic OH excluding ortho intramolecular Hbond substituents is 1. The van der Waals surface area contributed by atoms with E-state index in [0.29, 0.717) is 0 Å². The van der Waals surface area contributed by atoms with Crippen LogP contribution in [0.5, 0.6) is 5.75 Å². The molecule has 0 aromatic heterocycles. The van der Waals surface area contributed by atoms with Crippen molar-refractivity contribution in [1.82, 2.24) is 0 Å². The van der Waals surface area contributed by atoms with E-state index in [4.69, 9.17) is 11.0 Å². The highest BCUT2D eigenvalue weighted by molar-refractivity contribution is 5.85. The molecule has 0 aliphatic heterocycles. The molecule has 0 saturated heterocycles. The molecule has 0 unspecified atom stereocenters. The van der Waals surface area contributed by atoms with Crippen molar-refractivity contribution in [3.63, 3.8) is 0 Å². The van der Waals surface area contributed by atoms with E-state index in [-0.39, 0.29) is 28.9 Å². The average Bonchev–Trinajstić information content (AvgIpc) is 2.26. The van der Waals surface area contributed by atoms with Crippen LogP contribution in [-0.4, -0.2) is 10.0 Å². The van der Waals surface area contributed by atoms with E-state index in [9.17, 15) is 15.2 Å². The number of nitro groups is 1. The molecule has 0 radical (unpaired) electrons. The SMILES string of the molecule is CC(C)(C)[C@@H](N)c1cc(C#N)cc([N+](=O)[O-])c1O.Cl. The smallest absolute Gasteiger partial charge is 0.312 e. The minimum atomic E-state index is -0.727. The van der Waals surface area contributed by atoms with Crippen molar-refractivity contribution in [2.75, 3.05) is 0 Å². The number of nitrogens with zero attached hydrogens (tertiary/aromatic N) is 2. The maximum absolute atomic E-state index is 10.8. The van der Waals surface area contributed by atoms with Gasteiger partial charge in [-0.1, -0.05) is 20.8 Å². The van der Waals surface area contributed by atoms with Gasteiger partial charge in [-0.3, -0.25) is 10.1 Å². The third kappa shape index (κ3) is 3.56. The lowest BCUT2D eigenvalue weighted by molar-refractivity contribution is -0.386. The summed E-state index contributed by atoms with van der Waals surface area (Å²) in [6.45, 7) is 5.55. The van der Waals surface area contributed by atoms with Crippen LogP contribution in [0.4, 0.5) is 5.69 Å². The van der Waals surface area contributed by atoms with Crippen LogP contribution in [0, 0.1) is 26.9 Å². The van der Waals surface area contributed by atoms with Gasteiger partial charge in [0.2, 0.25) is 0 Å². The number of hydrogen-bond acceptors (Lipinski definition) is 5. The van der Waals surface area contributed by atoms with Crippen LogP contribution >= 0.6 is 12.4 Å². The molecule has 0 aliphatic carbocycles. The zero-order valence-corrected chi connectivity index (χ0v) is 11.7. The fourth-order valence-corrected chi connectivity index (χ4v) is 1.55. The Morgan fingerprint density at radius 2 is 2.00 bits per heavy atom. The number of rotatable bonds is 2. The monoisotopic (exact) mass is 285 g/mol. The summed E-state index contributed by atoms with van der Waals surface area (Å²) in [6.07, 6.45) is 0. The van der Waals surface area contributed by atoms with Crippen molar-refractivity contribution in [3.8, 4) is 11.8 Å². The van der Waals surface area contributed by atoms with E-state index >= 15 is 0 Å². The molecule has 1 aromatic carbocycles. The molecule has 104 valence electrons. The highest BCUT2D eigenvalue weighted by Gasteiger charge is 2.29. The predicted molar refractivity (Wildman–Crippen MR) is 73.1 cm³/mol. The minimum absolute atomic E-state index is 0. The van der Waals surface area contributed by atoms with E-state index in [1.165, 1.54) is 6.07 Å². The van der Waals surface area contributed by atoms with Crippen molar-refractivity contribution in [2.24, 2.45) is 11.1 Å². The summed E-state index contributed by atoms with van der Waals surface area (Å²) in [6, 6.07) is 3.64. The van der Waals surface area contributed by atoms with Crippen LogP contribution in [0.3, 0.4) is 0 Å². The average molecular weight is 286 g/mol. The Morgan fingerprint density at radius 3 is 2.37 bits per heavy atom. The molecule has 1 rings (SSSR count). The first-order chi connectivity index (χ1) is 8.18. The Balaban J connectivity index is 0.00000324. The third-order valence-electron chi connectivity index (χ3n) is 2.71. The summed E-state index contributed by atoms with van der Waals surface area (Å²) in [5.41, 5.74) is 5.41. The largest absolute Gasteiger partial charge is 0.502 e. The van der Waals surface area contributed by atoms with Gasteiger partial charge in [-0.15, -0.1) is 12.4 Å². The fourth-order valence-electron chi connectivity index (χ4n) is 1.55. The van der Waals surface area contributed by atoms with Gasteiger partial charge in [0, 0.05) is 17.7 Å². The van der Waals surface area contributed by atoms with Crippen LogP contribution in [0.1, 0.15) is 37.9 Å². The van der Waals surface area contributed by atoms with E-state index in [2.05, 4.69) is 0 Å². The van der Waals surface area contributed by atoms with Crippen molar-refractivity contribution in [2.45, 2.75) is 26.8 Å². The number of halogens is 1. The van der Waals surface area contributed by atoms with Crippen molar-refractivity contribution in [3.05, 3.63) is 33.4 Å². The lowest BCUT2D eigenvalue weighted by atomic mass is 9.82. The Bertz CT molecular complexity index is 532. The molecule has 19 heavy (non-hydrogen) atoms. The molecular formula is C12H16ClN3O3. The van der Waals surface area contributed by atoms with Gasteiger partial charge in [0.25, 0.3) is 0 Å². The number of nitrogens with two attached hydrogens (primary N) is 1. The van der Waals surface area contributed by atoms with Gasteiger partial charge in [0.15, 0.2) is 5.75 Å². The van der Waals surface area contributed by atoms with E-state index < -0.39 is 22.4 Å². The first-order valence-corrected chi connectivity index (χ1v) is 5.35. The first kappa shape index (κ1) is 17.2. The lowest BCUT2D eigenvalue weighted by Gasteiger charge is -2.27. The third-order valence-corrected chi connectivity index (χ3v) is 2.71. The van der Waals surface area contributed by atoms with E-state index in [1.807, 2.05) is 26.8 Å². The van der Waals surface area contributed by atoms with Gasteiger partial charge in [-0.2, -0.15) is 5.26 Å². The van der Waals surface area contributed by atoms with Crippen LogP contribution in [0.2, 0.25) is 0 Å². The molecule has 0 fully saturated rings. The Kier molecular flexibility index (Phi) is 5.30. The maximum atomic E-state index is 10.8. The molecule has 0 bridgehead atoms. The van der Waals surface area contributed by atoms with E-state index in [1.54, 1.807) is 0 Å². The minimum Gasteiger partial charge on any atom is -0.502 e. The summed E-state index contributed by atoms with van der Waals surface area (Å²) < 4.78 is 0. The van der Waals surface area contributed by atoms with Gasteiger partial charge < -0.3 is 10.8 Å². The highest BCUT2D eigenvalue weighted by atomic mass is 35.5. The lowest BCUT2D eigenvalue weighted by Crippen LogP contribution is -2.26. The van der Waals surface area contributed by atoms with Gasteiger partial charge >= 0.3 is 5.69 Å². The van der Waals surface area contributed by atoms with Gasteiger partial charge in [-0.25, -0.2) is 0 Å². The zero-order chi connectivity index (χ0) is 14.1. The second-order valence-electron chi connectivity index (χ2n) is 5.15. The summed E-state index contributed by atoms with van der Waals surface area (Å²) in [5.74, 6) is -0.471.